The number of rotatable bonds is 2. The molecule has 5 heteroatoms. The minimum atomic E-state index is -0.116. The summed E-state index contributed by atoms with van der Waals surface area (Å²) < 4.78 is 0. The van der Waals surface area contributed by atoms with E-state index in [1.165, 1.54) is 0 Å². The fourth-order valence-corrected chi connectivity index (χ4v) is 2.06. The Balaban J connectivity index is 2.07. The van der Waals surface area contributed by atoms with E-state index in [1.54, 1.807) is 18.2 Å². The van der Waals surface area contributed by atoms with Crippen LogP contribution in [0.3, 0.4) is 0 Å². The van der Waals surface area contributed by atoms with Crippen molar-refractivity contribution >= 4 is 34.8 Å². The van der Waals surface area contributed by atoms with Crippen LogP contribution in [0.25, 0.3) is 0 Å². The van der Waals surface area contributed by atoms with E-state index in [4.69, 9.17) is 23.2 Å². The van der Waals surface area contributed by atoms with E-state index in [1.807, 2.05) is 0 Å². The van der Waals surface area contributed by atoms with Gasteiger partial charge in [0.05, 0.1) is 16.8 Å². The molecule has 1 amide bonds. The molecular formula is C11H12Cl2N2O. The van der Waals surface area contributed by atoms with Gasteiger partial charge in [0.2, 0.25) is 5.91 Å². The molecule has 2 N–H and O–H groups in total. The molecule has 1 atom stereocenters. The molecule has 3 nitrogen and oxygen atoms in total. The summed E-state index contributed by atoms with van der Waals surface area (Å²) in [7, 11) is 0. The Hall–Kier alpha value is -0.770. The predicted octanol–water partition coefficient (Wildman–Crippen LogP) is 2.68. The number of anilines is 1. The first-order valence-electron chi connectivity index (χ1n) is 5.16. The number of halogens is 2. The first-order chi connectivity index (χ1) is 7.66. The molecule has 0 bridgehead atoms. The van der Waals surface area contributed by atoms with Crippen molar-refractivity contribution in [1.29, 1.82) is 0 Å². The van der Waals surface area contributed by atoms with Crippen molar-refractivity contribution in [3.05, 3.63) is 28.2 Å². The number of benzene rings is 1. The topological polar surface area (TPSA) is 41.1 Å². The van der Waals surface area contributed by atoms with E-state index in [-0.39, 0.29) is 11.9 Å². The molecule has 1 aliphatic rings. The Morgan fingerprint density at radius 3 is 2.94 bits per heavy atom. The lowest BCUT2D eigenvalue weighted by Gasteiger charge is -2.12. The zero-order valence-corrected chi connectivity index (χ0v) is 10.1. The maximum atomic E-state index is 11.8. The summed E-state index contributed by atoms with van der Waals surface area (Å²) in [5.41, 5.74) is 0.563. The number of hydrogen-bond acceptors (Lipinski definition) is 2. The van der Waals surface area contributed by atoms with E-state index < -0.39 is 0 Å². The van der Waals surface area contributed by atoms with Gasteiger partial charge in [-0.05, 0) is 37.6 Å². The number of amides is 1. The summed E-state index contributed by atoms with van der Waals surface area (Å²) in [5, 5.41) is 6.95. The summed E-state index contributed by atoms with van der Waals surface area (Å²) in [6.07, 6.45) is 1.89. The molecule has 1 fully saturated rings. The normalized spacial score (nSPS) is 19.8. The van der Waals surface area contributed by atoms with Crippen LogP contribution in [-0.2, 0) is 4.79 Å². The predicted molar refractivity (Wildman–Crippen MR) is 66.1 cm³/mol. The molecule has 1 aromatic rings. The molecule has 2 rings (SSSR count). The first-order valence-corrected chi connectivity index (χ1v) is 5.92. The second-order valence-corrected chi connectivity index (χ2v) is 4.61. The van der Waals surface area contributed by atoms with E-state index in [2.05, 4.69) is 10.6 Å². The van der Waals surface area contributed by atoms with Crippen LogP contribution in [0.15, 0.2) is 18.2 Å². The zero-order chi connectivity index (χ0) is 11.5. The lowest BCUT2D eigenvalue weighted by atomic mass is 10.2. The summed E-state index contributed by atoms with van der Waals surface area (Å²) in [4.78, 5) is 11.8. The van der Waals surface area contributed by atoms with Gasteiger partial charge in [0.15, 0.2) is 0 Å². The van der Waals surface area contributed by atoms with E-state index >= 15 is 0 Å². The molecular weight excluding hydrogens is 247 g/mol. The third-order valence-electron chi connectivity index (χ3n) is 2.56. The second kappa shape index (κ2) is 5.04. The van der Waals surface area contributed by atoms with Crippen LogP contribution < -0.4 is 10.6 Å². The number of carbonyl (C=O) groups excluding carboxylic acids is 1. The van der Waals surface area contributed by atoms with Gasteiger partial charge >= 0.3 is 0 Å². The highest BCUT2D eigenvalue weighted by Gasteiger charge is 2.22. The highest BCUT2D eigenvalue weighted by molar-refractivity contribution is 6.35. The van der Waals surface area contributed by atoms with Gasteiger partial charge in [-0.1, -0.05) is 23.2 Å². The Kier molecular flexibility index (Phi) is 3.69. The highest BCUT2D eigenvalue weighted by atomic mass is 35.5. The van der Waals surface area contributed by atoms with Crippen LogP contribution in [0.4, 0.5) is 5.69 Å². The van der Waals surface area contributed by atoms with Crippen LogP contribution in [0, 0.1) is 0 Å². The Bertz CT molecular complexity index is 403. The van der Waals surface area contributed by atoms with E-state index in [0.717, 1.165) is 19.4 Å². The van der Waals surface area contributed by atoms with Crippen molar-refractivity contribution in [1.82, 2.24) is 5.32 Å². The quantitative estimate of drug-likeness (QED) is 0.857. The number of hydrogen-bond donors (Lipinski definition) is 2. The van der Waals surface area contributed by atoms with Crippen LogP contribution in [0.2, 0.25) is 10.0 Å². The van der Waals surface area contributed by atoms with Gasteiger partial charge in [-0.15, -0.1) is 0 Å². The molecule has 86 valence electrons. The summed E-state index contributed by atoms with van der Waals surface area (Å²) in [6.45, 7) is 0.890. The summed E-state index contributed by atoms with van der Waals surface area (Å²) in [6, 6.07) is 4.89. The Morgan fingerprint density at radius 2 is 2.25 bits per heavy atom. The molecule has 0 spiro atoms. The van der Waals surface area contributed by atoms with Gasteiger partial charge in [-0.25, -0.2) is 0 Å². The zero-order valence-electron chi connectivity index (χ0n) is 8.59. The molecule has 1 unspecified atom stereocenters. The van der Waals surface area contributed by atoms with Crippen molar-refractivity contribution in [3.8, 4) is 0 Å². The number of nitrogens with one attached hydrogen (secondary N) is 2. The third kappa shape index (κ3) is 2.67. The molecule has 0 radical (unpaired) electrons. The molecule has 1 aliphatic heterocycles. The molecule has 0 saturated carbocycles. The van der Waals surface area contributed by atoms with Crippen LogP contribution in [0.5, 0.6) is 0 Å². The maximum Gasteiger partial charge on any atom is 0.241 e. The SMILES string of the molecule is O=C(Nc1cc(Cl)ccc1Cl)C1CCCN1. The van der Waals surface area contributed by atoms with Gasteiger partial charge in [-0.2, -0.15) is 0 Å². The van der Waals surface area contributed by atoms with Crippen LogP contribution in [-0.4, -0.2) is 18.5 Å². The van der Waals surface area contributed by atoms with Gasteiger partial charge in [0, 0.05) is 5.02 Å². The lowest BCUT2D eigenvalue weighted by Crippen LogP contribution is -2.35. The molecule has 1 saturated heterocycles. The van der Waals surface area contributed by atoms with Crippen molar-refractivity contribution < 1.29 is 4.79 Å². The van der Waals surface area contributed by atoms with Gasteiger partial charge in [-0.3, -0.25) is 4.79 Å². The molecule has 1 aromatic carbocycles. The van der Waals surface area contributed by atoms with Gasteiger partial charge in [0.1, 0.15) is 0 Å². The minimum absolute atomic E-state index is 0.0540. The first kappa shape index (κ1) is 11.7. The Morgan fingerprint density at radius 1 is 1.44 bits per heavy atom. The van der Waals surface area contributed by atoms with Crippen molar-refractivity contribution in [3.63, 3.8) is 0 Å². The molecule has 16 heavy (non-hydrogen) atoms. The van der Waals surface area contributed by atoms with Crippen LogP contribution >= 0.6 is 23.2 Å². The van der Waals surface area contributed by atoms with Crippen molar-refractivity contribution in [2.75, 3.05) is 11.9 Å². The second-order valence-electron chi connectivity index (χ2n) is 3.76. The molecule has 0 aromatic heterocycles. The number of carbonyl (C=O) groups is 1. The van der Waals surface area contributed by atoms with Gasteiger partial charge in [0.25, 0.3) is 0 Å². The molecule has 1 heterocycles. The van der Waals surface area contributed by atoms with Crippen LogP contribution in [0.1, 0.15) is 12.8 Å². The molecule has 0 aliphatic carbocycles. The fraction of sp³-hybridized carbons (Fsp3) is 0.364. The van der Waals surface area contributed by atoms with Crippen molar-refractivity contribution in [2.24, 2.45) is 0 Å². The standard InChI is InChI=1S/C11H12Cl2N2O/c12-7-3-4-8(13)10(6-7)15-11(16)9-2-1-5-14-9/h3-4,6,9,14H,1-2,5H2,(H,15,16). The largest absolute Gasteiger partial charge is 0.323 e. The monoisotopic (exact) mass is 258 g/mol. The minimum Gasteiger partial charge on any atom is -0.323 e. The smallest absolute Gasteiger partial charge is 0.241 e. The van der Waals surface area contributed by atoms with E-state index in [9.17, 15) is 4.79 Å². The maximum absolute atomic E-state index is 11.8. The lowest BCUT2D eigenvalue weighted by molar-refractivity contribution is -0.117. The van der Waals surface area contributed by atoms with E-state index in [0.29, 0.717) is 15.7 Å². The van der Waals surface area contributed by atoms with Gasteiger partial charge < -0.3 is 10.6 Å². The highest BCUT2D eigenvalue weighted by Crippen LogP contribution is 2.25. The van der Waals surface area contributed by atoms with Crippen molar-refractivity contribution in [2.45, 2.75) is 18.9 Å². The Labute approximate surface area is 104 Å². The summed E-state index contributed by atoms with van der Waals surface area (Å²) in [5.74, 6) is -0.0540. The fourth-order valence-electron chi connectivity index (χ4n) is 1.72. The average Bonchev–Trinajstić information content (AvgIpc) is 2.76. The third-order valence-corrected chi connectivity index (χ3v) is 3.13. The average molecular weight is 259 g/mol. The summed E-state index contributed by atoms with van der Waals surface area (Å²) >= 11 is 11.8.